The number of hydrogen-bond donors (Lipinski definition) is 1. The smallest absolute Gasteiger partial charge is 0.244 e. The SMILES string of the molecule is CC(C(=O)N[C@H](C)c1ccccc1)N(c1cccc(Cl)c1)S(C)(=O)=O. The van der Waals surface area contributed by atoms with Crippen molar-refractivity contribution in [3.63, 3.8) is 0 Å². The first-order chi connectivity index (χ1) is 11.7. The Balaban J connectivity index is 2.24. The molecule has 1 amide bonds. The predicted octanol–water partition coefficient (Wildman–Crippen LogP) is 3.37. The van der Waals surface area contributed by atoms with Gasteiger partial charge in [-0.2, -0.15) is 0 Å². The van der Waals surface area contributed by atoms with Gasteiger partial charge in [0.05, 0.1) is 18.0 Å². The Morgan fingerprint density at radius 3 is 2.28 bits per heavy atom. The van der Waals surface area contributed by atoms with Gasteiger partial charge in [0.15, 0.2) is 0 Å². The fourth-order valence-corrected chi connectivity index (χ4v) is 3.93. The normalized spacial score (nSPS) is 13.8. The van der Waals surface area contributed by atoms with Crippen LogP contribution in [0.1, 0.15) is 25.5 Å². The van der Waals surface area contributed by atoms with Gasteiger partial charge in [0.2, 0.25) is 15.9 Å². The van der Waals surface area contributed by atoms with Crippen molar-refractivity contribution in [1.82, 2.24) is 5.32 Å². The van der Waals surface area contributed by atoms with Gasteiger partial charge in [0, 0.05) is 5.02 Å². The van der Waals surface area contributed by atoms with Crippen LogP contribution in [0, 0.1) is 0 Å². The number of benzene rings is 2. The van der Waals surface area contributed by atoms with Crippen LogP contribution >= 0.6 is 11.6 Å². The maximum atomic E-state index is 12.6. The van der Waals surface area contributed by atoms with Crippen LogP contribution in [0.4, 0.5) is 5.69 Å². The third-order valence-electron chi connectivity index (χ3n) is 3.81. The van der Waals surface area contributed by atoms with E-state index in [0.29, 0.717) is 10.7 Å². The number of rotatable bonds is 6. The Morgan fingerprint density at radius 1 is 1.08 bits per heavy atom. The molecule has 0 saturated carbocycles. The maximum absolute atomic E-state index is 12.6. The Kier molecular flexibility index (Phi) is 6.08. The number of carbonyl (C=O) groups is 1. The molecular weight excluding hydrogens is 360 g/mol. The van der Waals surface area contributed by atoms with Gasteiger partial charge in [0.1, 0.15) is 6.04 Å². The first-order valence-corrected chi connectivity index (χ1v) is 10.0. The topological polar surface area (TPSA) is 66.5 Å². The van der Waals surface area contributed by atoms with Crippen LogP contribution in [0.5, 0.6) is 0 Å². The number of carbonyl (C=O) groups excluding carboxylic acids is 1. The highest BCUT2D eigenvalue weighted by Crippen LogP contribution is 2.24. The summed E-state index contributed by atoms with van der Waals surface area (Å²) in [5, 5.41) is 3.25. The Hall–Kier alpha value is -2.05. The van der Waals surface area contributed by atoms with Gasteiger partial charge in [-0.25, -0.2) is 8.42 Å². The second kappa shape index (κ2) is 7.89. The number of halogens is 1. The summed E-state index contributed by atoms with van der Waals surface area (Å²) in [5.41, 5.74) is 1.29. The van der Waals surface area contributed by atoms with Crippen molar-refractivity contribution in [3.8, 4) is 0 Å². The van der Waals surface area contributed by atoms with Gasteiger partial charge in [-0.3, -0.25) is 9.10 Å². The summed E-state index contributed by atoms with van der Waals surface area (Å²) < 4.78 is 25.6. The molecule has 2 aromatic carbocycles. The van der Waals surface area contributed by atoms with Crippen LogP contribution in [-0.4, -0.2) is 26.6 Å². The molecule has 2 rings (SSSR count). The van der Waals surface area contributed by atoms with Crippen LogP contribution in [-0.2, 0) is 14.8 Å². The van der Waals surface area contributed by atoms with Crippen LogP contribution < -0.4 is 9.62 Å². The summed E-state index contributed by atoms with van der Waals surface area (Å²) in [6.45, 7) is 3.40. The van der Waals surface area contributed by atoms with E-state index in [9.17, 15) is 13.2 Å². The average molecular weight is 381 g/mol. The molecule has 1 N–H and O–H groups in total. The van der Waals surface area contributed by atoms with Crippen molar-refractivity contribution < 1.29 is 13.2 Å². The molecule has 7 heteroatoms. The minimum absolute atomic E-state index is 0.239. The second-order valence-electron chi connectivity index (χ2n) is 5.86. The summed E-state index contributed by atoms with van der Waals surface area (Å²) in [7, 11) is -3.67. The number of nitrogens with zero attached hydrogens (tertiary/aromatic N) is 1. The fourth-order valence-electron chi connectivity index (χ4n) is 2.58. The highest BCUT2D eigenvalue weighted by molar-refractivity contribution is 7.92. The molecule has 0 heterocycles. The molecule has 0 aromatic heterocycles. The third-order valence-corrected chi connectivity index (χ3v) is 5.29. The van der Waals surface area contributed by atoms with E-state index in [0.717, 1.165) is 16.1 Å². The van der Waals surface area contributed by atoms with E-state index >= 15 is 0 Å². The molecule has 5 nitrogen and oxygen atoms in total. The molecule has 134 valence electrons. The quantitative estimate of drug-likeness (QED) is 0.835. The van der Waals surface area contributed by atoms with Crippen molar-refractivity contribution >= 4 is 33.2 Å². The van der Waals surface area contributed by atoms with Gasteiger partial charge in [0.25, 0.3) is 0 Å². The molecule has 0 fully saturated rings. The van der Waals surface area contributed by atoms with Crippen LogP contribution in [0.3, 0.4) is 0 Å². The molecule has 2 atom stereocenters. The van der Waals surface area contributed by atoms with Gasteiger partial charge in [-0.15, -0.1) is 0 Å². The first kappa shape index (κ1) is 19.3. The zero-order chi connectivity index (χ0) is 18.6. The van der Waals surface area contributed by atoms with E-state index < -0.39 is 16.1 Å². The number of nitrogens with one attached hydrogen (secondary N) is 1. The zero-order valence-electron chi connectivity index (χ0n) is 14.3. The second-order valence-corrected chi connectivity index (χ2v) is 8.15. The molecule has 0 radical (unpaired) electrons. The summed E-state index contributed by atoms with van der Waals surface area (Å²) in [6.07, 6.45) is 1.07. The minimum atomic E-state index is -3.67. The van der Waals surface area contributed by atoms with Crippen molar-refractivity contribution in [1.29, 1.82) is 0 Å². The average Bonchev–Trinajstić information content (AvgIpc) is 2.54. The molecule has 0 spiro atoms. The summed E-state index contributed by atoms with van der Waals surface area (Å²) in [6, 6.07) is 14.7. The number of anilines is 1. The van der Waals surface area contributed by atoms with Gasteiger partial charge in [-0.1, -0.05) is 48.0 Å². The van der Waals surface area contributed by atoms with Crippen LogP contribution in [0.2, 0.25) is 5.02 Å². The lowest BCUT2D eigenvalue weighted by atomic mass is 10.1. The number of hydrogen-bond acceptors (Lipinski definition) is 3. The highest BCUT2D eigenvalue weighted by Gasteiger charge is 2.29. The van der Waals surface area contributed by atoms with E-state index in [1.54, 1.807) is 25.1 Å². The molecule has 1 unspecified atom stereocenters. The fraction of sp³-hybridized carbons (Fsp3) is 0.278. The van der Waals surface area contributed by atoms with Crippen molar-refractivity contribution in [2.45, 2.75) is 25.9 Å². The van der Waals surface area contributed by atoms with E-state index in [-0.39, 0.29) is 11.9 Å². The summed E-state index contributed by atoms with van der Waals surface area (Å²) in [4.78, 5) is 12.6. The largest absolute Gasteiger partial charge is 0.348 e. The lowest BCUT2D eigenvalue weighted by Crippen LogP contribution is -2.48. The van der Waals surface area contributed by atoms with Crippen molar-refractivity contribution in [3.05, 3.63) is 65.2 Å². The number of sulfonamides is 1. The minimum Gasteiger partial charge on any atom is -0.348 e. The molecule has 0 aliphatic carbocycles. The van der Waals surface area contributed by atoms with Crippen molar-refractivity contribution in [2.24, 2.45) is 0 Å². The maximum Gasteiger partial charge on any atom is 0.244 e. The highest BCUT2D eigenvalue weighted by atomic mass is 35.5. The summed E-state index contributed by atoms with van der Waals surface area (Å²) >= 11 is 5.97. The molecular formula is C18H21ClN2O3S. The zero-order valence-corrected chi connectivity index (χ0v) is 15.9. The molecule has 0 bridgehead atoms. The van der Waals surface area contributed by atoms with Gasteiger partial charge >= 0.3 is 0 Å². The molecule has 0 aliphatic heterocycles. The lowest BCUT2D eigenvalue weighted by Gasteiger charge is -2.29. The van der Waals surface area contributed by atoms with Crippen molar-refractivity contribution in [2.75, 3.05) is 10.6 Å². The van der Waals surface area contributed by atoms with Gasteiger partial charge < -0.3 is 5.32 Å². The van der Waals surface area contributed by atoms with Crippen LogP contribution in [0.25, 0.3) is 0 Å². The van der Waals surface area contributed by atoms with Gasteiger partial charge in [-0.05, 0) is 37.6 Å². The molecule has 0 aliphatic rings. The monoisotopic (exact) mass is 380 g/mol. The van der Waals surface area contributed by atoms with E-state index in [1.165, 1.54) is 6.07 Å². The van der Waals surface area contributed by atoms with E-state index in [2.05, 4.69) is 5.32 Å². The van der Waals surface area contributed by atoms with E-state index in [1.807, 2.05) is 37.3 Å². The summed E-state index contributed by atoms with van der Waals surface area (Å²) in [5.74, 6) is -0.387. The standard InChI is InChI=1S/C18H21ClN2O3S/c1-13(15-8-5-4-6-9-15)20-18(22)14(2)21(25(3,23)24)17-11-7-10-16(19)12-17/h4-14H,1-3H3,(H,20,22)/t13-,14?/m1/s1. The van der Waals surface area contributed by atoms with E-state index in [4.69, 9.17) is 11.6 Å². The first-order valence-electron chi connectivity index (χ1n) is 7.80. The molecule has 25 heavy (non-hydrogen) atoms. The predicted molar refractivity (Wildman–Crippen MR) is 101 cm³/mol. The molecule has 0 saturated heterocycles. The Labute approximate surface area is 153 Å². The number of amides is 1. The molecule has 2 aromatic rings. The van der Waals surface area contributed by atoms with Crippen LogP contribution in [0.15, 0.2) is 54.6 Å². The lowest BCUT2D eigenvalue weighted by molar-refractivity contribution is -0.122. The Morgan fingerprint density at radius 2 is 1.72 bits per heavy atom. The third kappa shape index (κ3) is 4.96. The Bertz CT molecular complexity index is 840.